The zero-order valence-electron chi connectivity index (χ0n) is 12.2. The summed E-state index contributed by atoms with van der Waals surface area (Å²) in [6, 6.07) is 10.4. The van der Waals surface area contributed by atoms with E-state index in [2.05, 4.69) is 39.4 Å². The molecule has 2 aliphatic rings. The second-order valence-corrected chi connectivity index (χ2v) is 6.34. The number of hydrogen-bond acceptors (Lipinski definition) is 4. The first-order valence-electron chi connectivity index (χ1n) is 7.25. The van der Waals surface area contributed by atoms with Crippen molar-refractivity contribution in [1.29, 1.82) is 0 Å². The van der Waals surface area contributed by atoms with E-state index in [-0.39, 0.29) is 6.04 Å². The van der Waals surface area contributed by atoms with Gasteiger partial charge in [0.2, 0.25) is 6.79 Å². The summed E-state index contributed by atoms with van der Waals surface area (Å²) < 4.78 is 17.6. The van der Waals surface area contributed by atoms with Gasteiger partial charge in [-0.1, -0.05) is 15.9 Å². The summed E-state index contributed by atoms with van der Waals surface area (Å²) >= 11 is 3.55. The van der Waals surface area contributed by atoms with Crippen molar-refractivity contribution in [3.63, 3.8) is 0 Å². The highest BCUT2D eigenvalue weighted by Gasteiger charge is 2.27. The molecule has 0 fully saturated rings. The fourth-order valence-corrected chi connectivity index (χ4v) is 3.53. The molecule has 2 heterocycles. The molecular weight excluding hydrogens is 346 g/mol. The summed E-state index contributed by atoms with van der Waals surface area (Å²) in [6.45, 7) is 1.23. The number of methoxy groups -OCH3 is 1. The molecular formula is C17H16BrNO3. The van der Waals surface area contributed by atoms with Crippen LogP contribution in [0, 0.1) is 0 Å². The Morgan fingerprint density at radius 2 is 1.95 bits per heavy atom. The Hall–Kier alpha value is -1.72. The van der Waals surface area contributed by atoms with Crippen molar-refractivity contribution >= 4 is 15.9 Å². The smallest absolute Gasteiger partial charge is 0.231 e. The van der Waals surface area contributed by atoms with Crippen LogP contribution in [0.4, 0.5) is 0 Å². The molecule has 2 aliphatic heterocycles. The molecule has 0 saturated carbocycles. The third-order valence-electron chi connectivity index (χ3n) is 4.19. The van der Waals surface area contributed by atoms with Crippen LogP contribution in [-0.4, -0.2) is 20.4 Å². The predicted octanol–water partition coefficient (Wildman–Crippen LogP) is 3.42. The van der Waals surface area contributed by atoms with Crippen LogP contribution in [0.3, 0.4) is 0 Å². The Labute approximate surface area is 137 Å². The largest absolute Gasteiger partial charge is 0.496 e. The highest BCUT2D eigenvalue weighted by atomic mass is 79.9. The lowest BCUT2D eigenvalue weighted by Crippen LogP contribution is -2.30. The van der Waals surface area contributed by atoms with Crippen LogP contribution in [0.2, 0.25) is 0 Å². The van der Waals surface area contributed by atoms with Crippen LogP contribution in [0.1, 0.15) is 22.7 Å². The molecule has 0 aromatic heterocycles. The number of rotatable bonds is 2. The minimum atomic E-state index is 0.0886. The van der Waals surface area contributed by atoms with E-state index in [1.807, 2.05) is 12.1 Å². The van der Waals surface area contributed by atoms with Gasteiger partial charge in [-0.3, -0.25) is 0 Å². The van der Waals surface area contributed by atoms with Crippen LogP contribution < -0.4 is 19.5 Å². The molecule has 1 unspecified atom stereocenters. The van der Waals surface area contributed by atoms with Crippen LogP contribution in [0.25, 0.3) is 0 Å². The van der Waals surface area contributed by atoms with E-state index in [0.29, 0.717) is 6.79 Å². The quantitative estimate of drug-likeness (QED) is 0.889. The molecule has 0 aliphatic carbocycles. The summed E-state index contributed by atoms with van der Waals surface area (Å²) in [6.07, 6.45) is 0.985. The van der Waals surface area contributed by atoms with E-state index in [9.17, 15) is 0 Å². The first kappa shape index (κ1) is 13.9. The van der Waals surface area contributed by atoms with Gasteiger partial charge in [-0.05, 0) is 47.9 Å². The Morgan fingerprint density at radius 3 is 2.77 bits per heavy atom. The van der Waals surface area contributed by atoms with Crippen molar-refractivity contribution in [2.24, 2.45) is 0 Å². The number of nitrogens with one attached hydrogen (secondary N) is 1. The van der Waals surface area contributed by atoms with E-state index < -0.39 is 0 Å². The lowest BCUT2D eigenvalue weighted by molar-refractivity contribution is 0.174. The van der Waals surface area contributed by atoms with Gasteiger partial charge >= 0.3 is 0 Å². The summed E-state index contributed by atoms with van der Waals surface area (Å²) in [7, 11) is 1.70. The van der Waals surface area contributed by atoms with Crippen LogP contribution in [0.5, 0.6) is 17.2 Å². The van der Waals surface area contributed by atoms with Crippen LogP contribution in [0.15, 0.2) is 34.8 Å². The Kier molecular flexibility index (Phi) is 3.47. The molecule has 5 heteroatoms. The molecule has 0 saturated heterocycles. The highest BCUT2D eigenvalue weighted by molar-refractivity contribution is 9.10. The van der Waals surface area contributed by atoms with Gasteiger partial charge in [0.05, 0.1) is 13.2 Å². The van der Waals surface area contributed by atoms with Crippen molar-refractivity contribution in [3.05, 3.63) is 51.5 Å². The maximum absolute atomic E-state index is 5.54. The Bertz CT molecular complexity index is 732. The topological polar surface area (TPSA) is 39.7 Å². The Balaban J connectivity index is 1.84. The molecule has 114 valence electrons. The van der Waals surface area contributed by atoms with E-state index in [1.165, 1.54) is 11.1 Å². The monoisotopic (exact) mass is 361 g/mol. The SMILES string of the molecule is COc1ccc(Br)cc1C1NCCc2cc3c(cc21)OCO3. The molecule has 4 rings (SSSR count). The second-order valence-electron chi connectivity index (χ2n) is 5.43. The molecule has 0 radical (unpaired) electrons. The molecule has 1 N–H and O–H groups in total. The average molecular weight is 362 g/mol. The fraction of sp³-hybridized carbons (Fsp3) is 0.294. The lowest BCUT2D eigenvalue weighted by atomic mass is 9.89. The van der Waals surface area contributed by atoms with Gasteiger partial charge in [-0.15, -0.1) is 0 Å². The van der Waals surface area contributed by atoms with Gasteiger partial charge in [-0.2, -0.15) is 0 Å². The maximum atomic E-state index is 5.54. The number of hydrogen-bond donors (Lipinski definition) is 1. The van der Waals surface area contributed by atoms with Crippen molar-refractivity contribution in [3.8, 4) is 17.2 Å². The van der Waals surface area contributed by atoms with E-state index in [0.717, 1.165) is 40.3 Å². The van der Waals surface area contributed by atoms with Gasteiger partial charge in [0, 0.05) is 16.6 Å². The number of benzene rings is 2. The van der Waals surface area contributed by atoms with Gasteiger partial charge in [0.25, 0.3) is 0 Å². The summed E-state index contributed by atoms with van der Waals surface area (Å²) in [5.41, 5.74) is 3.65. The van der Waals surface area contributed by atoms with E-state index in [4.69, 9.17) is 14.2 Å². The lowest BCUT2D eigenvalue weighted by Gasteiger charge is -2.29. The third-order valence-corrected chi connectivity index (χ3v) is 4.68. The molecule has 4 nitrogen and oxygen atoms in total. The van der Waals surface area contributed by atoms with Crippen molar-refractivity contribution in [1.82, 2.24) is 5.32 Å². The number of fused-ring (bicyclic) bond motifs is 2. The van der Waals surface area contributed by atoms with E-state index in [1.54, 1.807) is 7.11 Å². The molecule has 0 amide bonds. The first-order chi connectivity index (χ1) is 10.8. The van der Waals surface area contributed by atoms with Crippen LogP contribution >= 0.6 is 15.9 Å². The van der Waals surface area contributed by atoms with Crippen molar-refractivity contribution in [2.75, 3.05) is 20.4 Å². The average Bonchev–Trinajstić information content (AvgIpc) is 2.99. The minimum absolute atomic E-state index is 0.0886. The molecule has 1 atom stereocenters. The molecule has 2 aromatic rings. The zero-order valence-corrected chi connectivity index (χ0v) is 13.8. The van der Waals surface area contributed by atoms with Gasteiger partial charge in [0.1, 0.15) is 5.75 Å². The second kappa shape index (κ2) is 5.48. The maximum Gasteiger partial charge on any atom is 0.231 e. The zero-order chi connectivity index (χ0) is 15.1. The molecule has 22 heavy (non-hydrogen) atoms. The predicted molar refractivity (Wildman–Crippen MR) is 86.8 cm³/mol. The van der Waals surface area contributed by atoms with Crippen molar-refractivity contribution < 1.29 is 14.2 Å². The number of ether oxygens (including phenoxy) is 3. The van der Waals surface area contributed by atoms with Crippen LogP contribution in [-0.2, 0) is 6.42 Å². The minimum Gasteiger partial charge on any atom is -0.496 e. The molecule has 0 spiro atoms. The van der Waals surface area contributed by atoms with Gasteiger partial charge in [0.15, 0.2) is 11.5 Å². The summed E-state index contributed by atoms with van der Waals surface area (Å²) in [4.78, 5) is 0. The molecule has 0 bridgehead atoms. The normalized spacial score (nSPS) is 18.9. The van der Waals surface area contributed by atoms with Gasteiger partial charge < -0.3 is 19.5 Å². The standard InChI is InChI=1S/C17H16BrNO3/c1-20-14-3-2-11(18)7-13(14)17-12-8-16-15(21-9-22-16)6-10(12)4-5-19-17/h2-3,6-8,17,19H,4-5,9H2,1H3. The summed E-state index contributed by atoms with van der Waals surface area (Å²) in [5, 5.41) is 3.59. The van der Waals surface area contributed by atoms with Gasteiger partial charge in [-0.25, -0.2) is 0 Å². The van der Waals surface area contributed by atoms with E-state index >= 15 is 0 Å². The summed E-state index contributed by atoms with van der Waals surface area (Å²) in [5.74, 6) is 2.55. The highest BCUT2D eigenvalue weighted by Crippen LogP contribution is 2.42. The Morgan fingerprint density at radius 1 is 1.14 bits per heavy atom. The fourth-order valence-electron chi connectivity index (χ4n) is 3.15. The molecule has 2 aromatic carbocycles. The third kappa shape index (κ3) is 2.25. The number of halogens is 1. The first-order valence-corrected chi connectivity index (χ1v) is 8.05. The van der Waals surface area contributed by atoms with Crippen molar-refractivity contribution in [2.45, 2.75) is 12.5 Å².